The Kier molecular flexibility index (Phi) is 7.36. The van der Waals surface area contributed by atoms with Gasteiger partial charge in [0.15, 0.2) is 0 Å². The number of aromatic amines is 1. The highest BCUT2D eigenvalue weighted by molar-refractivity contribution is 7.93. The monoisotopic (exact) mass is 610 g/mol. The highest BCUT2D eigenvalue weighted by Gasteiger charge is 2.30. The number of amidine groups is 1. The molecule has 0 saturated carbocycles. The van der Waals surface area contributed by atoms with Crippen molar-refractivity contribution < 1.29 is 17.6 Å². The summed E-state index contributed by atoms with van der Waals surface area (Å²) >= 11 is 0. The number of carbonyl (C=O) groups is 1. The predicted octanol–water partition coefficient (Wildman–Crippen LogP) is 3.53. The molecule has 3 aromatic heterocycles. The summed E-state index contributed by atoms with van der Waals surface area (Å²) in [7, 11) is -4.31. The van der Waals surface area contributed by atoms with Gasteiger partial charge in [0.1, 0.15) is 28.6 Å². The Bertz CT molecular complexity index is 2100. The van der Waals surface area contributed by atoms with Gasteiger partial charge in [-0.2, -0.15) is 0 Å². The van der Waals surface area contributed by atoms with Crippen LogP contribution in [0.3, 0.4) is 0 Å². The van der Waals surface area contributed by atoms with Gasteiger partial charge in [-0.3, -0.25) is 24.8 Å². The summed E-state index contributed by atoms with van der Waals surface area (Å²) in [5, 5.41) is 27.6. The third kappa shape index (κ3) is 5.50. The number of nitrogens with two attached hydrogens (primary N) is 1. The van der Waals surface area contributed by atoms with E-state index in [2.05, 4.69) is 36.2 Å². The molecule has 3 heterocycles. The van der Waals surface area contributed by atoms with Crippen LogP contribution in [0.15, 0.2) is 88.3 Å². The minimum Gasteiger partial charge on any atom is -0.459 e. The van der Waals surface area contributed by atoms with E-state index >= 15 is 0 Å². The van der Waals surface area contributed by atoms with E-state index in [1.54, 1.807) is 54.6 Å². The van der Waals surface area contributed by atoms with Crippen LogP contribution in [0.4, 0.5) is 17.3 Å². The first kappa shape index (κ1) is 28.3. The van der Waals surface area contributed by atoms with Crippen molar-refractivity contribution in [3.8, 4) is 0 Å². The maximum atomic E-state index is 14.2. The number of fused-ring (bicyclic) bond motifs is 2. The number of carbonyl (C=O) groups excluding carboxylic acids is 1. The molecule has 0 atom stereocenters. The van der Waals surface area contributed by atoms with Gasteiger partial charge in [-0.25, -0.2) is 13.5 Å². The molecule has 15 heteroatoms. The summed E-state index contributed by atoms with van der Waals surface area (Å²) in [6, 6.07) is 20.4. The van der Waals surface area contributed by atoms with Crippen LogP contribution in [0.5, 0.6) is 0 Å². The number of benzene rings is 3. The number of H-pyrrole nitrogens is 1. The first-order chi connectivity index (χ1) is 21.2. The highest BCUT2D eigenvalue weighted by Crippen LogP contribution is 2.33. The fourth-order valence-electron chi connectivity index (χ4n) is 4.77. The van der Waals surface area contributed by atoms with E-state index < -0.39 is 22.5 Å². The van der Waals surface area contributed by atoms with E-state index in [1.165, 1.54) is 12.3 Å². The van der Waals surface area contributed by atoms with E-state index in [0.717, 1.165) is 20.9 Å². The number of hydrogen-bond acceptors (Lipinski definition) is 10. The standard InChI is InChI=1S/C29H26N10O4S/c1-17-22-12-11-21(14-23(22)43-24(17)15-33-20-9-7-19(8-10-20)28(30)31)39(16-26(40)34-29-35-37-38-36-29)44(41,42)25-6-2-4-18-5-3-13-32-27(18)25/h2-14,33H,15-16H2,1H3,(H3,30,31)(H2,34,35,36,37,38,40). The molecule has 1 amide bonds. The minimum absolute atomic E-state index is 0.0132. The number of aromatic nitrogens is 5. The third-order valence-electron chi connectivity index (χ3n) is 7.01. The fraction of sp³-hybridized carbons (Fsp3) is 0.103. The van der Waals surface area contributed by atoms with Crippen LogP contribution in [-0.2, 0) is 21.4 Å². The summed E-state index contributed by atoms with van der Waals surface area (Å²) in [4.78, 5) is 17.3. The molecular formula is C29H26N10O4S. The zero-order valence-corrected chi connectivity index (χ0v) is 24.1. The second-order valence-electron chi connectivity index (χ2n) is 9.82. The second-order valence-corrected chi connectivity index (χ2v) is 11.6. The molecular weight excluding hydrogens is 584 g/mol. The molecule has 0 unspecified atom stereocenters. The molecule has 0 aliphatic rings. The number of nitrogens with one attached hydrogen (secondary N) is 4. The molecule has 0 aliphatic carbocycles. The van der Waals surface area contributed by atoms with Crippen LogP contribution in [-0.4, -0.2) is 52.3 Å². The Morgan fingerprint density at radius 1 is 1.09 bits per heavy atom. The number of pyridine rings is 1. The number of furan rings is 1. The quantitative estimate of drug-likeness (QED) is 0.113. The lowest BCUT2D eigenvalue weighted by atomic mass is 10.1. The summed E-state index contributed by atoms with van der Waals surface area (Å²) in [5.74, 6) is -0.0576. The van der Waals surface area contributed by atoms with E-state index in [-0.39, 0.29) is 27.9 Å². The molecule has 0 radical (unpaired) electrons. The van der Waals surface area contributed by atoms with Gasteiger partial charge in [0.2, 0.25) is 11.9 Å². The summed E-state index contributed by atoms with van der Waals surface area (Å²) < 4.78 is 35.6. The number of para-hydroxylation sites is 1. The van der Waals surface area contributed by atoms with E-state index in [1.807, 2.05) is 19.1 Å². The fourth-order valence-corrected chi connectivity index (χ4v) is 6.35. The summed E-state index contributed by atoms with van der Waals surface area (Å²) in [5.41, 5.74) is 8.78. The van der Waals surface area contributed by atoms with Crippen molar-refractivity contribution in [3.05, 3.63) is 95.9 Å². The lowest BCUT2D eigenvalue weighted by Gasteiger charge is -2.24. The van der Waals surface area contributed by atoms with Gasteiger partial charge in [0.05, 0.1) is 17.7 Å². The molecule has 14 nitrogen and oxygen atoms in total. The smallest absolute Gasteiger partial charge is 0.266 e. The number of nitrogen functional groups attached to an aromatic ring is 1. The molecule has 6 rings (SSSR count). The molecule has 0 bridgehead atoms. The van der Waals surface area contributed by atoms with Crippen LogP contribution < -0.4 is 20.7 Å². The normalized spacial score (nSPS) is 11.5. The number of anilines is 3. The van der Waals surface area contributed by atoms with Crippen molar-refractivity contribution in [2.24, 2.45) is 5.73 Å². The van der Waals surface area contributed by atoms with Crippen molar-refractivity contribution in [1.29, 1.82) is 5.41 Å². The molecule has 222 valence electrons. The Hall–Kier alpha value is -5.83. The van der Waals surface area contributed by atoms with Crippen LogP contribution in [0.2, 0.25) is 0 Å². The zero-order valence-electron chi connectivity index (χ0n) is 23.3. The van der Waals surface area contributed by atoms with Gasteiger partial charge < -0.3 is 15.5 Å². The maximum Gasteiger partial charge on any atom is 0.266 e. The molecule has 6 aromatic rings. The SMILES string of the molecule is Cc1c(CNc2ccc(C(=N)N)cc2)oc2cc(N(CC(=O)Nc3nnn[nH]3)S(=O)(=O)c3cccc4cccnc34)ccc12. The van der Waals surface area contributed by atoms with Gasteiger partial charge >= 0.3 is 0 Å². The largest absolute Gasteiger partial charge is 0.459 e. The van der Waals surface area contributed by atoms with Crippen molar-refractivity contribution in [3.63, 3.8) is 0 Å². The average molecular weight is 611 g/mol. The molecule has 0 fully saturated rings. The molecule has 6 N–H and O–H groups in total. The summed E-state index contributed by atoms with van der Waals surface area (Å²) in [6.07, 6.45) is 1.51. The van der Waals surface area contributed by atoms with Crippen LogP contribution in [0.25, 0.3) is 21.9 Å². The minimum atomic E-state index is -4.31. The average Bonchev–Trinajstić information content (AvgIpc) is 3.65. The van der Waals surface area contributed by atoms with E-state index in [9.17, 15) is 13.2 Å². The van der Waals surface area contributed by atoms with Gasteiger partial charge in [-0.1, -0.05) is 23.3 Å². The van der Waals surface area contributed by atoms with Crippen molar-refractivity contribution in [2.75, 3.05) is 21.5 Å². The Morgan fingerprint density at radius 2 is 1.89 bits per heavy atom. The Labute approximate surface area is 250 Å². The van der Waals surface area contributed by atoms with E-state index in [4.69, 9.17) is 15.6 Å². The van der Waals surface area contributed by atoms with Gasteiger partial charge in [-0.15, -0.1) is 0 Å². The number of amides is 1. The molecule has 0 saturated heterocycles. The van der Waals surface area contributed by atoms with Crippen LogP contribution in [0, 0.1) is 12.3 Å². The number of tetrazole rings is 1. The van der Waals surface area contributed by atoms with Crippen molar-refractivity contribution in [1.82, 2.24) is 25.6 Å². The Balaban J connectivity index is 1.35. The number of aryl methyl sites for hydroxylation is 1. The van der Waals surface area contributed by atoms with Crippen LogP contribution in [0.1, 0.15) is 16.9 Å². The van der Waals surface area contributed by atoms with Crippen LogP contribution >= 0.6 is 0 Å². The van der Waals surface area contributed by atoms with Gasteiger partial charge in [-0.05, 0) is 65.9 Å². The number of sulfonamides is 1. The first-order valence-corrected chi connectivity index (χ1v) is 14.7. The Morgan fingerprint density at radius 3 is 2.64 bits per heavy atom. The second kappa shape index (κ2) is 11.4. The highest BCUT2D eigenvalue weighted by atomic mass is 32.2. The molecule has 44 heavy (non-hydrogen) atoms. The van der Waals surface area contributed by atoms with Gasteiger partial charge in [0, 0.05) is 39.8 Å². The lowest BCUT2D eigenvalue weighted by molar-refractivity contribution is -0.114. The number of hydrogen-bond donors (Lipinski definition) is 5. The van der Waals surface area contributed by atoms with E-state index in [0.29, 0.717) is 28.8 Å². The third-order valence-corrected chi connectivity index (χ3v) is 8.82. The topological polar surface area (TPSA) is 209 Å². The summed E-state index contributed by atoms with van der Waals surface area (Å²) in [6.45, 7) is 1.69. The lowest BCUT2D eigenvalue weighted by Crippen LogP contribution is -2.38. The maximum absolute atomic E-state index is 14.2. The molecule has 3 aromatic carbocycles. The number of rotatable bonds is 10. The van der Waals surface area contributed by atoms with Crippen molar-refractivity contribution >= 4 is 61.0 Å². The zero-order chi connectivity index (χ0) is 30.8. The van der Waals surface area contributed by atoms with Crippen molar-refractivity contribution in [2.45, 2.75) is 18.4 Å². The molecule has 0 aliphatic heterocycles. The van der Waals surface area contributed by atoms with Gasteiger partial charge in [0.25, 0.3) is 10.0 Å². The predicted molar refractivity (Wildman–Crippen MR) is 165 cm³/mol. The number of nitrogens with zero attached hydrogens (tertiary/aromatic N) is 5. The molecule has 0 spiro atoms. The first-order valence-electron chi connectivity index (χ1n) is 13.3.